The SMILES string of the molecule is CCC(Oc1ccc(F)cc1)C(=O)NCCc1csc(-c2ccccc2)n1. The number of benzene rings is 2. The Labute approximate surface area is 162 Å². The first-order valence-corrected chi connectivity index (χ1v) is 9.73. The summed E-state index contributed by atoms with van der Waals surface area (Å²) in [6.45, 7) is 2.36. The van der Waals surface area contributed by atoms with Crippen LogP contribution in [0.1, 0.15) is 19.0 Å². The summed E-state index contributed by atoms with van der Waals surface area (Å²) >= 11 is 1.60. The van der Waals surface area contributed by atoms with Crippen molar-refractivity contribution in [2.75, 3.05) is 6.54 Å². The lowest BCUT2D eigenvalue weighted by molar-refractivity contribution is -0.128. The first-order chi connectivity index (χ1) is 13.2. The summed E-state index contributed by atoms with van der Waals surface area (Å²) in [5.41, 5.74) is 2.04. The van der Waals surface area contributed by atoms with Crippen LogP contribution in [0.25, 0.3) is 10.6 Å². The minimum Gasteiger partial charge on any atom is -0.481 e. The molecule has 1 N–H and O–H groups in total. The molecular weight excluding hydrogens is 363 g/mol. The van der Waals surface area contributed by atoms with E-state index in [0.29, 0.717) is 25.1 Å². The van der Waals surface area contributed by atoms with Crippen LogP contribution in [-0.4, -0.2) is 23.5 Å². The molecule has 1 unspecified atom stereocenters. The van der Waals surface area contributed by atoms with Gasteiger partial charge in [0.05, 0.1) is 5.69 Å². The van der Waals surface area contributed by atoms with E-state index in [9.17, 15) is 9.18 Å². The lowest BCUT2D eigenvalue weighted by Gasteiger charge is -2.17. The Hall–Kier alpha value is -2.73. The molecular formula is C21H21FN2O2S. The van der Waals surface area contributed by atoms with Gasteiger partial charge in [0, 0.05) is 23.9 Å². The topological polar surface area (TPSA) is 51.2 Å². The number of nitrogens with zero attached hydrogens (tertiary/aromatic N) is 1. The third kappa shape index (κ3) is 5.37. The van der Waals surface area contributed by atoms with Crippen LogP contribution in [0.4, 0.5) is 4.39 Å². The highest BCUT2D eigenvalue weighted by Crippen LogP contribution is 2.23. The van der Waals surface area contributed by atoms with Crippen molar-refractivity contribution >= 4 is 17.2 Å². The average Bonchev–Trinajstić information content (AvgIpc) is 3.17. The molecule has 0 aliphatic rings. The van der Waals surface area contributed by atoms with Crippen LogP contribution in [0.2, 0.25) is 0 Å². The smallest absolute Gasteiger partial charge is 0.261 e. The van der Waals surface area contributed by atoms with E-state index in [2.05, 4.69) is 10.3 Å². The third-order valence-corrected chi connectivity index (χ3v) is 4.95. The van der Waals surface area contributed by atoms with Gasteiger partial charge in [0.1, 0.15) is 16.6 Å². The molecule has 6 heteroatoms. The first-order valence-electron chi connectivity index (χ1n) is 8.85. The molecule has 0 bridgehead atoms. The minimum absolute atomic E-state index is 0.180. The maximum Gasteiger partial charge on any atom is 0.261 e. The summed E-state index contributed by atoms with van der Waals surface area (Å²) in [7, 11) is 0. The van der Waals surface area contributed by atoms with Gasteiger partial charge < -0.3 is 10.1 Å². The molecule has 27 heavy (non-hydrogen) atoms. The zero-order valence-electron chi connectivity index (χ0n) is 15.0. The van der Waals surface area contributed by atoms with Crippen molar-refractivity contribution in [3.8, 4) is 16.3 Å². The second kappa shape index (κ2) is 9.28. The molecule has 1 aromatic heterocycles. The molecule has 0 radical (unpaired) electrons. The van der Waals surface area contributed by atoms with Crippen LogP contribution in [0.3, 0.4) is 0 Å². The molecule has 0 spiro atoms. The number of aromatic nitrogens is 1. The number of halogens is 1. The van der Waals surface area contributed by atoms with Crippen LogP contribution in [0.5, 0.6) is 5.75 Å². The summed E-state index contributed by atoms with van der Waals surface area (Å²) in [6.07, 6.45) is 0.575. The van der Waals surface area contributed by atoms with Crippen molar-refractivity contribution in [1.82, 2.24) is 10.3 Å². The van der Waals surface area contributed by atoms with E-state index in [1.165, 1.54) is 24.3 Å². The van der Waals surface area contributed by atoms with Crippen molar-refractivity contribution < 1.29 is 13.9 Å². The number of hydrogen-bond donors (Lipinski definition) is 1. The number of nitrogens with one attached hydrogen (secondary N) is 1. The number of amides is 1. The number of thiazole rings is 1. The maximum atomic E-state index is 13.0. The maximum absolute atomic E-state index is 13.0. The van der Waals surface area contributed by atoms with Crippen molar-refractivity contribution in [1.29, 1.82) is 0 Å². The highest BCUT2D eigenvalue weighted by molar-refractivity contribution is 7.13. The lowest BCUT2D eigenvalue weighted by atomic mass is 10.2. The van der Waals surface area contributed by atoms with E-state index in [-0.39, 0.29) is 11.7 Å². The molecule has 0 aliphatic heterocycles. The molecule has 3 aromatic rings. The van der Waals surface area contributed by atoms with Gasteiger partial charge in [-0.3, -0.25) is 4.79 Å². The van der Waals surface area contributed by atoms with Gasteiger partial charge in [-0.1, -0.05) is 37.3 Å². The molecule has 1 atom stereocenters. The number of ether oxygens (including phenoxy) is 1. The van der Waals surface area contributed by atoms with Crippen molar-refractivity contribution in [3.05, 3.63) is 71.5 Å². The third-order valence-electron chi connectivity index (χ3n) is 4.01. The summed E-state index contributed by atoms with van der Waals surface area (Å²) in [6, 6.07) is 15.7. The molecule has 2 aromatic carbocycles. The first kappa shape index (κ1) is 19.0. The van der Waals surface area contributed by atoms with Crippen LogP contribution in [0.15, 0.2) is 60.0 Å². The predicted molar refractivity (Wildman–Crippen MR) is 105 cm³/mol. The predicted octanol–water partition coefficient (Wildman–Crippen LogP) is 4.47. The van der Waals surface area contributed by atoms with Crippen LogP contribution in [0, 0.1) is 5.82 Å². The van der Waals surface area contributed by atoms with Gasteiger partial charge in [0.2, 0.25) is 0 Å². The van der Waals surface area contributed by atoms with E-state index in [1.54, 1.807) is 11.3 Å². The number of rotatable bonds is 8. The highest BCUT2D eigenvalue weighted by atomic mass is 32.1. The number of carbonyl (C=O) groups is 1. The minimum atomic E-state index is -0.606. The Bertz CT molecular complexity index is 865. The molecule has 1 heterocycles. The molecule has 1 amide bonds. The summed E-state index contributed by atoms with van der Waals surface area (Å²) in [5, 5.41) is 5.88. The zero-order chi connectivity index (χ0) is 19.1. The summed E-state index contributed by atoms with van der Waals surface area (Å²) in [5.74, 6) is -0.0382. The van der Waals surface area contributed by atoms with E-state index < -0.39 is 6.10 Å². The second-order valence-electron chi connectivity index (χ2n) is 6.02. The number of hydrogen-bond acceptors (Lipinski definition) is 4. The van der Waals surface area contributed by atoms with E-state index in [4.69, 9.17) is 4.74 Å². The van der Waals surface area contributed by atoms with E-state index in [0.717, 1.165) is 16.3 Å². The van der Waals surface area contributed by atoms with Gasteiger partial charge in [-0.2, -0.15) is 0 Å². The monoisotopic (exact) mass is 384 g/mol. The zero-order valence-corrected chi connectivity index (χ0v) is 15.8. The highest BCUT2D eigenvalue weighted by Gasteiger charge is 2.18. The van der Waals surface area contributed by atoms with Gasteiger partial charge in [0.15, 0.2) is 6.10 Å². The quantitative estimate of drug-likeness (QED) is 0.624. The van der Waals surface area contributed by atoms with E-state index in [1.807, 2.05) is 42.6 Å². The molecule has 0 aliphatic carbocycles. The van der Waals surface area contributed by atoms with Crippen molar-refractivity contribution in [3.63, 3.8) is 0 Å². The fraction of sp³-hybridized carbons (Fsp3) is 0.238. The molecule has 0 saturated carbocycles. The van der Waals surface area contributed by atoms with Crippen LogP contribution < -0.4 is 10.1 Å². The second-order valence-corrected chi connectivity index (χ2v) is 6.88. The molecule has 3 rings (SSSR count). The average molecular weight is 384 g/mol. The summed E-state index contributed by atoms with van der Waals surface area (Å²) < 4.78 is 18.6. The van der Waals surface area contributed by atoms with Crippen molar-refractivity contribution in [2.45, 2.75) is 25.9 Å². The van der Waals surface area contributed by atoms with Crippen LogP contribution in [-0.2, 0) is 11.2 Å². The Balaban J connectivity index is 1.49. The van der Waals surface area contributed by atoms with Gasteiger partial charge in [0.25, 0.3) is 5.91 Å². The van der Waals surface area contributed by atoms with Gasteiger partial charge in [-0.05, 0) is 30.7 Å². The molecule has 0 fully saturated rings. The summed E-state index contributed by atoms with van der Waals surface area (Å²) in [4.78, 5) is 17.0. The fourth-order valence-electron chi connectivity index (χ4n) is 2.56. The van der Waals surface area contributed by atoms with Gasteiger partial charge in [-0.25, -0.2) is 9.37 Å². The lowest BCUT2D eigenvalue weighted by Crippen LogP contribution is -2.38. The number of carbonyl (C=O) groups excluding carboxylic acids is 1. The van der Waals surface area contributed by atoms with Crippen LogP contribution >= 0.6 is 11.3 Å². The Morgan fingerprint density at radius 1 is 1.19 bits per heavy atom. The largest absolute Gasteiger partial charge is 0.481 e. The standard InChI is InChI=1S/C21H21FN2O2S/c1-2-19(26-18-10-8-16(22)9-11-18)20(25)23-13-12-17-14-27-21(24-17)15-6-4-3-5-7-15/h3-11,14,19H,2,12-13H2,1H3,(H,23,25). The molecule has 0 saturated heterocycles. The Kier molecular flexibility index (Phi) is 6.54. The normalized spacial score (nSPS) is 11.8. The van der Waals surface area contributed by atoms with Gasteiger partial charge in [-0.15, -0.1) is 11.3 Å². The molecule has 140 valence electrons. The Morgan fingerprint density at radius 2 is 1.93 bits per heavy atom. The Morgan fingerprint density at radius 3 is 2.63 bits per heavy atom. The molecule has 4 nitrogen and oxygen atoms in total. The van der Waals surface area contributed by atoms with Crippen molar-refractivity contribution in [2.24, 2.45) is 0 Å². The van der Waals surface area contributed by atoms with Gasteiger partial charge >= 0.3 is 0 Å². The van der Waals surface area contributed by atoms with E-state index >= 15 is 0 Å². The fourth-order valence-corrected chi connectivity index (χ4v) is 3.42.